The molecule has 0 saturated heterocycles. The monoisotopic (exact) mass is 289 g/mol. The highest BCUT2D eigenvalue weighted by Crippen LogP contribution is 2.24. The number of carbonyl (C=O) groups is 1. The van der Waals surface area contributed by atoms with Gasteiger partial charge in [-0.15, -0.1) is 0 Å². The van der Waals surface area contributed by atoms with Gasteiger partial charge in [0, 0.05) is 18.2 Å². The summed E-state index contributed by atoms with van der Waals surface area (Å²) in [5.74, 6) is 0.186. The number of carbonyl (C=O) groups excluding carboxylic acids is 1. The molecule has 0 amide bonds. The quantitative estimate of drug-likeness (QED) is 0.818. The van der Waals surface area contributed by atoms with Gasteiger partial charge in [0.1, 0.15) is 0 Å². The molecule has 0 atom stereocenters. The molecule has 3 nitrogen and oxygen atoms in total. The first kappa shape index (κ1) is 16.2. The van der Waals surface area contributed by atoms with Crippen LogP contribution < -0.4 is 0 Å². The van der Waals surface area contributed by atoms with E-state index in [4.69, 9.17) is 0 Å². The van der Waals surface area contributed by atoms with Crippen molar-refractivity contribution in [2.75, 3.05) is 19.7 Å². The summed E-state index contributed by atoms with van der Waals surface area (Å²) in [6, 6.07) is 4.62. The molecule has 0 aliphatic heterocycles. The lowest BCUT2D eigenvalue weighted by atomic mass is 9.96. The molecule has 0 heterocycles. The Kier molecular flexibility index (Phi) is 5.54. The van der Waals surface area contributed by atoms with Gasteiger partial charge in [0.2, 0.25) is 0 Å². The molecule has 1 aliphatic rings. The van der Waals surface area contributed by atoms with E-state index < -0.39 is 0 Å². The van der Waals surface area contributed by atoms with Crippen molar-refractivity contribution in [3.63, 3.8) is 0 Å². The zero-order valence-electron chi connectivity index (χ0n) is 13.5. The second-order valence-corrected chi connectivity index (χ2v) is 6.33. The van der Waals surface area contributed by atoms with E-state index in [0.717, 1.165) is 29.5 Å². The number of Topliss-reactive ketones (excluding diaryl/α,β-unsaturated/α-hetero) is 1. The summed E-state index contributed by atoms with van der Waals surface area (Å²) < 4.78 is 0. The Labute approximate surface area is 128 Å². The minimum absolute atomic E-state index is 0.121. The Hall–Kier alpha value is -1.19. The molecule has 2 rings (SSSR count). The standard InChI is InChI=1S/C18H27NO2/c1-13-10-14(2)18(15(3)11-13)17(21)12-19(8-9-20)16-6-4-5-7-16/h10-11,16,20H,4-9,12H2,1-3H3. The van der Waals surface area contributed by atoms with Gasteiger partial charge >= 0.3 is 0 Å². The first-order chi connectivity index (χ1) is 10.0. The first-order valence-corrected chi connectivity index (χ1v) is 7.99. The number of hydrogen-bond acceptors (Lipinski definition) is 3. The molecule has 1 N–H and O–H groups in total. The Morgan fingerprint density at radius 3 is 2.29 bits per heavy atom. The van der Waals surface area contributed by atoms with Crippen molar-refractivity contribution in [2.45, 2.75) is 52.5 Å². The zero-order chi connectivity index (χ0) is 15.4. The number of aryl methyl sites for hydroxylation is 3. The van der Waals surface area contributed by atoms with Gasteiger partial charge in [0.25, 0.3) is 0 Å². The second kappa shape index (κ2) is 7.19. The SMILES string of the molecule is Cc1cc(C)c(C(=O)CN(CCO)C2CCCC2)c(C)c1. The van der Waals surface area contributed by atoms with E-state index in [9.17, 15) is 9.90 Å². The van der Waals surface area contributed by atoms with E-state index in [-0.39, 0.29) is 12.4 Å². The number of ketones is 1. The summed E-state index contributed by atoms with van der Waals surface area (Å²) in [6.07, 6.45) is 4.78. The third-order valence-corrected chi connectivity index (χ3v) is 4.53. The van der Waals surface area contributed by atoms with Crippen LogP contribution in [0, 0.1) is 20.8 Å². The molecule has 1 aliphatic carbocycles. The van der Waals surface area contributed by atoms with Gasteiger partial charge in [0.15, 0.2) is 5.78 Å². The van der Waals surface area contributed by atoms with E-state index in [1.807, 2.05) is 13.8 Å². The Morgan fingerprint density at radius 2 is 1.76 bits per heavy atom. The summed E-state index contributed by atoms with van der Waals surface area (Å²) in [6.45, 7) is 7.23. The van der Waals surface area contributed by atoms with Crippen molar-refractivity contribution in [3.05, 3.63) is 34.4 Å². The van der Waals surface area contributed by atoms with Gasteiger partial charge < -0.3 is 5.11 Å². The number of aliphatic hydroxyl groups excluding tert-OH is 1. The lowest BCUT2D eigenvalue weighted by Crippen LogP contribution is -2.39. The van der Waals surface area contributed by atoms with Crippen LogP contribution in [0.3, 0.4) is 0 Å². The molecular weight excluding hydrogens is 262 g/mol. The summed E-state index contributed by atoms with van der Waals surface area (Å²) in [5, 5.41) is 9.27. The summed E-state index contributed by atoms with van der Waals surface area (Å²) >= 11 is 0. The van der Waals surface area contributed by atoms with Crippen LogP contribution >= 0.6 is 0 Å². The molecule has 0 radical (unpaired) electrons. The van der Waals surface area contributed by atoms with E-state index >= 15 is 0 Å². The Morgan fingerprint density at radius 1 is 1.19 bits per heavy atom. The van der Waals surface area contributed by atoms with E-state index in [1.165, 1.54) is 18.4 Å². The van der Waals surface area contributed by atoms with Crippen molar-refractivity contribution in [2.24, 2.45) is 0 Å². The van der Waals surface area contributed by atoms with E-state index in [0.29, 0.717) is 19.1 Å². The fourth-order valence-corrected chi connectivity index (χ4v) is 3.67. The molecule has 3 heteroatoms. The van der Waals surface area contributed by atoms with Crippen LogP contribution in [-0.2, 0) is 0 Å². The highest BCUT2D eigenvalue weighted by atomic mass is 16.3. The van der Waals surface area contributed by atoms with Crippen molar-refractivity contribution in [1.82, 2.24) is 4.90 Å². The third-order valence-electron chi connectivity index (χ3n) is 4.53. The highest BCUT2D eigenvalue weighted by molar-refractivity contribution is 6.00. The second-order valence-electron chi connectivity index (χ2n) is 6.33. The summed E-state index contributed by atoms with van der Waals surface area (Å²) in [5.41, 5.74) is 4.19. The lowest BCUT2D eigenvalue weighted by molar-refractivity contribution is 0.0861. The van der Waals surface area contributed by atoms with Gasteiger partial charge in [-0.1, -0.05) is 30.5 Å². The predicted molar refractivity (Wildman–Crippen MR) is 85.9 cm³/mol. The Balaban J connectivity index is 2.15. The number of aliphatic hydroxyl groups is 1. The maximum atomic E-state index is 12.7. The maximum Gasteiger partial charge on any atom is 0.177 e. The van der Waals surface area contributed by atoms with Crippen LogP contribution in [0.25, 0.3) is 0 Å². The Bertz CT molecular complexity index is 481. The average Bonchev–Trinajstić information content (AvgIpc) is 2.90. The molecule has 1 aromatic rings. The van der Waals surface area contributed by atoms with Crippen LogP contribution in [0.5, 0.6) is 0 Å². The van der Waals surface area contributed by atoms with Crippen LogP contribution in [0.15, 0.2) is 12.1 Å². The molecule has 21 heavy (non-hydrogen) atoms. The smallest absolute Gasteiger partial charge is 0.177 e. The number of rotatable bonds is 6. The molecule has 116 valence electrons. The number of nitrogens with zero attached hydrogens (tertiary/aromatic N) is 1. The highest BCUT2D eigenvalue weighted by Gasteiger charge is 2.25. The molecule has 1 fully saturated rings. The zero-order valence-corrected chi connectivity index (χ0v) is 13.5. The van der Waals surface area contributed by atoms with Crippen LogP contribution in [0.2, 0.25) is 0 Å². The van der Waals surface area contributed by atoms with Gasteiger partial charge in [0.05, 0.1) is 13.2 Å². The topological polar surface area (TPSA) is 40.5 Å². The van der Waals surface area contributed by atoms with E-state index in [1.54, 1.807) is 0 Å². The first-order valence-electron chi connectivity index (χ1n) is 7.99. The van der Waals surface area contributed by atoms with Crippen molar-refractivity contribution < 1.29 is 9.90 Å². The predicted octanol–water partition coefficient (Wildman–Crippen LogP) is 3.03. The lowest BCUT2D eigenvalue weighted by Gasteiger charge is -2.27. The van der Waals surface area contributed by atoms with E-state index in [2.05, 4.69) is 24.0 Å². The third kappa shape index (κ3) is 3.92. The molecule has 0 spiro atoms. The fourth-order valence-electron chi connectivity index (χ4n) is 3.67. The average molecular weight is 289 g/mol. The minimum Gasteiger partial charge on any atom is -0.395 e. The summed E-state index contributed by atoms with van der Waals surface area (Å²) in [4.78, 5) is 14.9. The molecule has 0 aromatic heterocycles. The van der Waals surface area contributed by atoms with Crippen molar-refractivity contribution in [3.8, 4) is 0 Å². The normalized spacial score (nSPS) is 15.9. The number of benzene rings is 1. The maximum absolute atomic E-state index is 12.7. The molecule has 0 bridgehead atoms. The minimum atomic E-state index is 0.121. The largest absolute Gasteiger partial charge is 0.395 e. The van der Waals surface area contributed by atoms with Gasteiger partial charge in [-0.05, 0) is 44.7 Å². The van der Waals surface area contributed by atoms with Crippen LogP contribution in [0.4, 0.5) is 0 Å². The van der Waals surface area contributed by atoms with Crippen LogP contribution in [0.1, 0.15) is 52.7 Å². The van der Waals surface area contributed by atoms with Gasteiger partial charge in [-0.25, -0.2) is 0 Å². The van der Waals surface area contributed by atoms with Crippen molar-refractivity contribution >= 4 is 5.78 Å². The molecule has 0 unspecified atom stereocenters. The van der Waals surface area contributed by atoms with Gasteiger partial charge in [-0.2, -0.15) is 0 Å². The fraction of sp³-hybridized carbons (Fsp3) is 0.611. The molecule has 1 saturated carbocycles. The molecule has 1 aromatic carbocycles. The van der Waals surface area contributed by atoms with Gasteiger partial charge in [-0.3, -0.25) is 9.69 Å². The molecular formula is C18H27NO2. The summed E-state index contributed by atoms with van der Waals surface area (Å²) in [7, 11) is 0. The van der Waals surface area contributed by atoms with Crippen molar-refractivity contribution in [1.29, 1.82) is 0 Å². The number of hydrogen-bond donors (Lipinski definition) is 1. The van der Waals surface area contributed by atoms with Crippen LogP contribution in [-0.4, -0.2) is 41.5 Å².